The molecule has 3 N–H and O–H groups in total. The predicted octanol–water partition coefficient (Wildman–Crippen LogP) is 3.49. The molecule has 0 fully saturated rings. The predicted molar refractivity (Wildman–Crippen MR) is 142 cm³/mol. The van der Waals surface area contributed by atoms with E-state index in [1.807, 2.05) is 18.2 Å². The van der Waals surface area contributed by atoms with E-state index in [-0.39, 0.29) is 22.7 Å². The standard InChI is InChI=1S/C28H27N5O4/c1-18(25(34)31-24-19(2)32(3)33(28(24)37)21-14-8-5-9-15-21)29-27(36)22-16-10-11-17-23(22)30-26(35)20-12-6-4-7-13-20/h4-18H,1-3H3,(H,29,36)(H,30,35)(H,31,34). The summed E-state index contributed by atoms with van der Waals surface area (Å²) in [6.07, 6.45) is 0. The van der Waals surface area contributed by atoms with Gasteiger partial charge in [0.2, 0.25) is 5.91 Å². The van der Waals surface area contributed by atoms with Gasteiger partial charge in [-0.2, -0.15) is 0 Å². The van der Waals surface area contributed by atoms with Gasteiger partial charge in [-0.25, -0.2) is 4.68 Å². The van der Waals surface area contributed by atoms with E-state index in [1.165, 1.54) is 11.6 Å². The largest absolute Gasteiger partial charge is 0.340 e. The average molecular weight is 498 g/mol. The van der Waals surface area contributed by atoms with Gasteiger partial charge in [0.1, 0.15) is 11.7 Å². The van der Waals surface area contributed by atoms with Crippen LogP contribution < -0.4 is 21.5 Å². The smallest absolute Gasteiger partial charge is 0.295 e. The van der Waals surface area contributed by atoms with E-state index in [4.69, 9.17) is 0 Å². The monoisotopic (exact) mass is 497 g/mol. The van der Waals surface area contributed by atoms with E-state index in [1.54, 1.807) is 85.4 Å². The van der Waals surface area contributed by atoms with Gasteiger partial charge < -0.3 is 16.0 Å². The minimum Gasteiger partial charge on any atom is -0.340 e. The van der Waals surface area contributed by atoms with Crippen molar-refractivity contribution < 1.29 is 14.4 Å². The van der Waals surface area contributed by atoms with Crippen LogP contribution in [0.3, 0.4) is 0 Å². The summed E-state index contributed by atoms with van der Waals surface area (Å²) in [5.74, 6) is -1.45. The van der Waals surface area contributed by atoms with Gasteiger partial charge in [0.25, 0.3) is 17.4 Å². The van der Waals surface area contributed by atoms with Crippen molar-refractivity contribution in [3.8, 4) is 5.69 Å². The molecule has 0 bridgehead atoms. The zero-order valence-electron chi connectivity index (χ0n) is 20.7. The highest BCUT2D eigenvalue weighted by Crippen LogP contribution is 2.17. The number of rotatable bonds is 7. The number of nitrogens with zero attached hydrogens (tertiary/aromatic N) is 2. The molecule has 9 heteroatoms. The summed E-state index contributed by atoms with van der Waals surface area (Å²) in [5.41, 5.74) is 1.94. The van der Waals surface area contributed by atoms with Crippen LogP contribution in [0.2, 0.25) is 0 Å². The molecule has 4 rings (SSSR count). The zero-order valence-corrected chi connectivity index (χ0v) is 20.7. The summed E-state index contributed by atoms with van der Waals surface area (Å²) in [5, 5.41) is 8.04. The molecule has 1 unspecified atom stereocenters. The number of amides is 3. The Morgan fingerprint density at radius 1 is 0.784 bits per heavy atom. The first-order valence-electron chi connectivity index (χ1n) is 11.7. The van der Waals surface area contributed by atoms with Crippen LogP contribution >= 0.6 is 0 Å². The number of nitrogens with one attached hydrogen (secondary N) is 3. The van der Waals surface area contributed by atoms with Crippen molar-refractivity contribution in [2.75, 3.05) is 10.6 Å². The van der Waals surface area contributed by atoms with Crippen molar-refractivity contribution in [3.63, 3.8) is 0 Å². The van der Waals surface area contributed by atoms with Crippen molar-refractivity contribution in [1.29, 1.82) is 0 Å². The number of hydrogen-bond acceptors (Lipinski definition) is 4. The Kier molecular flexibility index (Phi) is 7.34. The van der Waals surface area contributed by atoms with Gasteiger partial charge in [-0.1, -0.05) is 48.5 Å². The second-order valence-electron chi connectivity index (χ2n) is 8.49. The summed E-state index contributed by atoms with van der Waals surface area (Å²) >= 11 is 0. The van der Waals surface area contributed by atoms with E-state index < -0.39 is 17.9 Å². The molecule has 0 spiro atoms. The molecule has 0 aliphatic carbocycles. The fourth-order valence-corrected chi connectivity index (χ4v) is 3.86. The second-order valence-corrected chi connectivity index (χ2v) is 8.49. The van der Waals surface area contributed by atoms with Crippen LogP contribution in [0, 0.1) is 6.92 Å². The molecule has 0 aliphatic heterocycles. The van der Waals surface area contributed by atoms with Gasteiger partial charge in [0, 0.05) is 12.6 Å². The number of carbonyl (C=O) groups is 3. The molecule has 3 aromatic carbocycles. The molecule has 0 saturated carbocycles. The van der Waals surface area contributed by atoms with Crippen molar-refractivity contribution in [2.24, 2.45) is 7.05 Å². The average Bonchev–Trinajstić information content (AvgIpc) is 3.12. The Hall–Kier alpha value is -4.92. The van der Waals surface area contributed by atoms with E-state index >= 15 is 0 Å². The maximum atomic E-state index is 13.1. The van der Waals surface area contributed by atoms with Crippen LogP contribution in [-0.4, -0.2) is 33.1 Å². The number of para-hydroxylation sites is 2. The molecule has 0 aliphatic rings. The molecule has 188 valence electrons. The molecule has 37 heavy (non-hydrogen) atoms. The maximum absolute atomic E-state index is 13.1. The molecule has 1 atom stereocenters. The molecular weight excluding hydrogens is 470 g/mol. The Morgan fingerprint density at radius 3 is 2.05 bits per heavy atom. The Labute approximate surface area is 213 Å². The molecule has 3 amide bonds. The Balaban J connectivity index is 1.48. The second kappa shape index (κ2) is 10.8. The van der Waals surface area contributed by atoms with Crippen molar-refractivity contribution in [3.05, 3.63) is 112 Å². The van der Waals surface area contributed by atoms with E-state index in [2.05, 4.69) is 16.0 Å². The lowest BCUT2D eigenvalue weighted by atomic mass is 10.1. The molecule has 0 radical (unpaired) electrons. The normalized spacial score (nSPS) is 11.4. The third kappa shape index (κ3) is 5.35. The van der Waals surface area contributed by atoms with E-state index in [0.29, 0.717) is 22.6 Å². The Morgan fingerprint density at radius 2 is 1.38 bits per heavy atom. The molecule has 9 nitrogen and oxygen atoms in total. The minimum absolute atomic E-state index is 0.132. The lowest BCUT2D eigenvalue weighted by molar-refractivity contribution is -0.117. The first kappa shape index (κ1) is 25.2. The number of aromatic nitrogens is 2. The summed E-state index contributed by atoms with van der Waals surface area (Å²) in [6, 6.07) is 23.3. The van der Waals surface area contributed by atoms with Gasteiger partial charge in [0.15, 0.2) is 0 Å². The van der Waals surface area contributed by atoms with Crippen LogP contribution in [0.5, 0.6) is 0 Å². The SMILES string of the molecule is Cc1c(NC(=O)C(C)NC(=O)c2ccccc2NC(=O)c2ccccc2)c(=O)n(-c2ccccc2)n1C. The van der Waals surface area contributed by atoms with Gasteiger partial charge >= 0.3 is 0 Å². The summed E-state index contributed by atoms with van der Waals surface area (Å²) in [4.78, 5) is 51.6. The molecule has 4 aromatic rings. The van der Waals surface area contributed by atoms with Gasteiger partial charge in [0.05, 0.1) is 22.6 Å². The highest BCUT2D eigenvalue weighted by molar-refractivity contribution is 6.10. The maximum Gasteiger partial charge on any atom is 0.295 e. The molecule has 1 heterocycles. The third-order valence-electron chi connectivity index (χ3n) is 6.00. The first-order valence-corrected chi connectivity index (χ1v) is 11.7. The molecule has 0 saturated heterocycles. The summed E-state index contributed by atoms with van der Waals surface area (Å²) in [7, 11) is 1.73. The zero-order chi connectivity index (χ0) is 26.5. The summed E-state index contributed by atoms with van der Waals surface area (Å²) < 4.78 is 3.11. The van der Waals surface area contributed by atoms with Gasteiger partial charge in [-0.05, 0) is 50.2 Å². The van der Waals surface area contributed by atoms with Gasteiger partial charge in [-0.3, -0.25) is 23.9 Å². The first-order chi connectivity index (χ1) is 17.8. The number of hydrogen-bond donors (Lipinski definition) is 3. The van der Waals surface area contributed by atoms with Crippen LogP contribution in [-0.2, 0) is 11.8 Å². The van der Waals surface area contributed by atoms with Crippen molar-refractivity contribution in [1.82, 2.24) is 14.7 Å². The summed E-state index contributed by atoms with van der Waals surface area (Å²) in [6.45, 7) is 3.25. The Bertz CT molecular complexity index is 1510. The van der Waals surface area contributed by atoms with Crippen LogP contribution in [0.4, 0.5) is 11.4 Å². The molecular formula is C28H27N5O4. The highest BCUT2D eigenvalue weighted by Gasteiger charge is 2.23. The fourth-order valence-electron chi connectivity index (χ4n) is 3.86. The fraction of sp³-hybridized carbons (Fsp3) is 0.143. The highest BCUT2D eigenvalue weighted by atomic mass is 16.2. The van der Waals surface area contributed by atoms with Crippen LogP contribution in [0.15, 0.2) is 89.7 Å². The number of benzene rings is 3. The lowest BCUT2D eigenvalue weighted by Gasteiger charge is -2.16. The van der Waals surface area contributed by atoms with Crippen molar-refractivity contribution >= 4 is 29.1 Å². The third-order valence-corrected chi connectivity index (χ3v) is 6.00. The van der Waals surface area contributed by atoms with E-state index in [0.717, 1.165) is 0 Å². The lowest BCUT2D eigenvalue weighted by Crippen LogP contribution is -2.42. The number of carbonyl (C=O) groups excluding carboxylic acids is 3. The topological polar surface area (TPSA) is 114 Å². The van der Waals surface area contributed by atoms with Crippen LogP contribution in [0.1, 0.15) is 33.3 Å². The van der Waals surface area contributed by atoms with Gasteiger partial charge in [-0.15, -0.1) is 0 Å². The minimum atomic E-state index is -0.963. The molecule has 1 aromatic heterocycles. The van der Waals surface area contributed by atoms with Crippen LogP contribution in [0.25, 0.3) is 5.69 Å². The quantitative estimate of drug-likeness (QED) is 0.363. The van der Waals surface area contributed by atoms with E-state index in [9.17, 15) is 19.2 Å². The van der Waals surface area contributed by atoms with Crippen molar-refractivity contribution in [2.45, 2.75) is 19.9 Å². The number of anilines is 2.